The zero-order chi connectivity index (χ0) is 14.7. The fourth-order valence-corrected chi connectivity index (χ4v) is 0.688. The van der Waals surface area contributed by atoms with Crippen LogP contribution < -0.4 is 10.2 Å². The van der Waals surface area contributed by atoms with E-state index in [-0.39, 0.29) is 0 Å². The third-order valence-electron chi connectivity index (χ3n) is 1.61. The Hall–Kier alpha value is -2.00. The number of hydrogen-bond acceptors (Lipinski definition) is 4. The van der Waals surface area contributed by atoms with Crippen molar-refractivity contribution in [1.82, 2.24) is 0 Å². The summed E-state index contributed by atoms with van der Waals surface area (Å²) in [4.78, 5) is 20.0. The molecule has 0 aromatic heterocycles. The molecular formula is C8H2F6O4-2. The summed E-state index contributed by atoms with van der Waals surface area (Å²) in [5.41, 5.74) is -5.17. The van der Waals surface area contributed by atoms with Crippen molar-refractivity contribution in [3.8, 4) is 0 Å². The lowest BCUT2D eigenvalue weighted by Crippen LogP contribution is -2.57. The standard InChI is InChI=1S/C8H4F6O4/c9-1-2(10)3(11)4(12)5(13)8(14,6(15)16)7(17)18/h1H2,(H,15,16)(H,17,18)/p-2/b3-2-,5-4+. The number of carboxylic acid groups (broad SMARTS) is 2. The molecule has 0 saturated heterocycles. The molecule has 0 rings (SSSR count). The molecule has 102 valence electrons. The molecule has 0 fully saturated rings. The van der Waals surface area contributed by atoms with Crippen LogP contribution in [0.3, 0.4) is 0 Å². The first kappa shape index (κ1) is 16.0. The van der Waals surface area contributed by atoms with Gasteiger partial charge in [-0.05, 0) is 0 Å². The highest BCUT2D eigenvalue weighted by Gasteiger charge is 2.43. The van der Waals surface area contributed by atoms with E-state index in [0.29, 0.717) is 0 Å². The van der Waals surface area contributed by atoms with Crippen LogP contribution >= 0.6 is 0 Å². The Kier molecular flexibility index (Phi) is 4.94. The molecule has 0 heterocycles. The van der Waals surface area contributed by atoms with Crippen LogP contribution in [0.15, 0.2) is 23.3 Å². The number of allylic oxidation sites excluding steroid dienone is 3. The number of rotatable bonds is 5. The second-order valence-corrected chi connectivity index (χ2v) is 2.71. The quantitative estimate of drug-likeness (QED) is 0.384. The minimum absolute atomic E-state index is 2.25. The van der Waals surface area contributed by atoms with Gasteiger partial charge in [0.2, 0.25) is 5.67 Å². The van der Waals surface area contributed by atoms with Gasteiger partial charge in [-0.25, -0.2) is 26.3 Å². The Morgan fingerprint density at radius 2 is 1.33 bits per heavy atom. The third-order valence-corrected chi connectivity index (χ3v) is 1.61. The van der Waals surface area contributed by atoms with E-state index in [2.05, 4.69) is 0 Å². The van der Waals surface area contributed by atoms with Gasteiger partial charge in [-0.1, -0.05) is 0 Å². The Bertz CT molecular complexity index is 427. The van der Waals surface area contributed by atoms with Crippen LogP contribution in [0.2, 0.25) is 0 Å². The van der Waals surface area contributed by atoms with Crippen LogP contribution in [0.5, 0.6) is 0 Å². The van der Waals surface area contributed by atoms with E-state index < -0.39 is 47.6 Å². The molecule has 0 atom stereocenters. The van der Waals surface area contributed by atoms with Gasteiger partial charge < -0.3 is 19.8 Å². The monoisotopic (exact) mass is 276 g/mol. The maximum absolute atomic E-state index is 13.0. The minimum Gasteiger partial charge on any atom is -0.546 e. The maximum atomic E-state index is 13.0. The molecule has 0 saturated carbocycles. The maximum Gasteiger partial charge on any atom is 0.243 e. The van der Waals surface area contributed by atoms with Crippen LogP contribution in [-0.4, -0.2) is 24.3 Å². The molecule has 0 radical (unpaired) electrons. The van der Waals surface area contributed by atoms with Gasteiger partial charge in [0, 0.05) is 0 Å². The average Bonchev–Trinajstić information content (AvgIpc) is 2.33. The number of carbonyl (C=O) groups excluding carboxylic acids is 2. The molecule has 0 aliphatic carbocycles. The van der Waals surface area contributed by atoms with Gasteiger partial charge in [-0.2, -0.15) is 0 Å². The highest BCUT2D eigenvalue weighted by Crippen LogP contribution is 2.32. The van der Waals surface area contributed by atoms with Crippen molar-refractivity contribution in [3.05, 3.63) is 23.3 Å². The van der Waals surface area contributed by atoms with E-state index in [9.17, 15) is 46.1 Å². The Balaban J connectivity index is 5.95. The molecule has 0 bridgehead atoms. The smallest absolute Gasteiger partial charge is 0.243 e. The van der Waals surface area contributed by atoms with E-state index in [1.807, 2.05) is 0 Å². The highest BCUT2D eigenvalue weighted by atomic mass is 19.2. The molecule has 0 amide bonds. The molecule has 10 heteroatoms. The molecule has 4 nitrogen and oxygen atoms in total. The van der Waals surface area contributed by atoms with Crippen LogP contribution in [0.4, 0.5) is 26.3 Å². The van der Waals surface area contributed by atoms with E-state index in [1.165, 1.54) is 0 Å². The number of aliphatic carboxylic acids is 2. The number of hydrogen-bond donors (Lipinski definition) is 0. The summed E-state index contributed by atoms with van der Waals surface area (Å²) in [6.45, 7) is -2.25. The lowest BCUT2D eigenvalue weighted by atomic mass is 10.0. The fourth-order valence-electron chi connectivity index (χ4n) is 0.688. The predicted octanol–water partition coefficient (Wildman–Crippen LogP) is -0.535. The van der Waals surface area contributed by atoms with Gasteiger partial charge in [-0.15, -0.1) is 0 Å². The van der Waals surface area contributed by atoms with Crippen LogP contribution in [-0.2, 0) is 9.59 Å². The molecule has 0 aliphatic rings. The summed E-state index contributed by atoms with van der Waals surface area (Å²) in [7, 11) is 0. The Morgan fingerprint density at radius 3 is 1.61 bits per heavy atom. The van der Waals surface area contributed by atoms with E-state index >= 15 is 0 Å². The summed E-state index contributed by atoms with van der Waals surface area (Å²) in [5.74, 6) is -18.6. The van der Waals surface area contributed by atoms with Crippen molar-refractivity contribution in [2.75, 3.05) is 6.67 Å². The molecule has 0 aromatic rings. The van der Waals surface area contributed by atoms with Crippen molar-refractivity contribution in [1.29, 1.82) is 0 Å². The summed E-state index contributed by atoms with van der Waals surface area (Å²) in [6, 6.07) is 0. The number of halogens is 6. The summed E-state index contributed by atoms with van der Waals surface area (Å²) < 4.78 is 74.7. The Morgan fingerprint density at radius 1 is 0.944 bits per heavy atom. The lowest BCUT2D eigenvalue weighted by Gasteiger charge is -2.25. The number of alkyl halides is 2. The summed E-state index contributed by atoms with van der Waals surface area (Å²) in [6.07, 6.45) is 0. The first-order valence-corrected chi connectivity index (χ1v) is 3.88. The highest BCUT2D eigenvalue weighted by molar-refractivity contribution is 6.03. The molecule has 0 unspecified atom stereocenters. The number of carbonyl (C=O) groups is 2. The van der Waals surface area contributed by atoms with Gasteiger partial charge >= 0.3 is 0 Å². The van der Waals surface area contributed by atoms with E-state index in [1.54, 1.807) is 0 Å². The average molecular weight is 276 g/mol. The molecule has 0 N–H and O–H groups in total. The van der Waals surface area contributed by atoms with Gasteiger partial charge in [0.25, 0.3) is 0 Å². The largest absolute Gasteiger partial charge is 0.546 e. The van der Waals surface area contributed by atoms with Crippen molar-refractivity contribution in [2.24, 2.45) is 0 Å². The van der Waals surface area contributed by atoms with Crippen molar-refractivity contribution in [3.63, 3.8) is 0 Å². The van der Waals surface area contributed by atoms with Crippen molar-refractivity contribution >= 4 is 11.9 Å². The first-order valence-electron chi connectivity index (χ1n) is 3.88. The first-order chi connectivity index (χ1) is 8.10. The second-order valence-electron chi connectivity index (χ2n) is 2.71. The van der Waals surface area contributed by atoms with Gasteiger partial charge in [0.05, 0.1) is 11.9 Å². The molecule has 18 heavy (non-hydrogen) atoms. The molecule has 0 aliphatic heterocycles. The molecule has 0 aromatic carbocycles. The zero-order valence-corrected chi connectivity index (χ0v) is 8.11. The van der Waals surface area contributed by atoms with E-state index in [4.69, 9.17) is 0 Å². The van der Waals surface area contributed by atoms with Crippen molar-refractivity contribution in [2.45, 2.75) is 5.67 Å². The predicted molar refractivity (Wildman–Crippen MR) is 38.3 cm³/mol. The molecule has 0 spiro atoms. The topological polar surface area (TPSA) is 80.3 Å². The minimum atomic E-state index is -5.17. The lowest BCUT2D eigenvalue weighted by molar-refractivity contribution is -0.341. The second kappa shape index (κ2) is 5.56. The van der Waals surface area contributed by atoms with Gasteiger partial charge in [-0.3, -0.25) is 0 Å². The fraction of sp³-hybridized carbons (Fsp3) is 0.250. The SMILES string of the molecule is O=C([O-])C(F)(C(=O)[O-])/C(F)=C(F)/C(F)=C(/F)CF. The van der Waals surface area contributed by atoms with Gasteiger partial charge in [0.15, 0.2) is 23.3 Å². The number of carboxylic acids is 2. The van der Waals surface area contributed by atoms with E-state index in [0.717, 1.165) is 0 Å². The van der Waals surface area contributed by atoms with Crippen molar-refractivity contribution < 1.29 is 46.1 Å². The van der Waals surface area contributed by atoms with Crippen LogP contribution in [0.1, 0.15) is 0 Å². The zero-order valence-electron chi connectivity index (χ0n) is 8.11. The normalized spacial score (nSPS) is 14.8. The van der Waals surface area contributed by atoms with Gasteiger partial charge in [0.1, 0.15) is 6.67 Å². The van der Waals surface area contributed by atoms with Crippen LogP contribution in [0, 0.1) is 0 Å². The van der Waals surface area contributed by atoms with Crippen LogP contribution in [0.25, 0.3) is 0 Å². The molecular weight excluding hydrogens is 274 g/mol. The Labute approximate surface area is 94.8 Å². The summed E-state index contributed by atoms with van der Waals surface area (Å²) in [5, 5.41) is 20.0. The summed E-state index contributed by atoms with van der Waals surface area (Å²) >= 11 is 0. The third kappa shape index (κ3) is 2.63.